The quantitative estimate of drug-likeness (QED) is 0.717. The van der Waals surface area contributed by atoms with Crippen molar-refractivity contribution in [3.63, 3.8) is 0 Å². The molecule has 0 unspecified atom stereocenters. The van der Waals surface area contributed by atoms with Gasteiger partial charge in [-0.05, 0) is 47.9 Å². The van der Waals surface area contributed by atoms with Crippen molar-refractivity contribution in [2.45, 2.75) is 12.5 Å². The topological polar surface area (TPSA) is 90.1 Å². The van der Waals surface area contributed by atoms with E-state index in [1.165, 1.54) is 5.56 Å². The summed E-state index contributed by atoms with van der Waals surface area (Å²) < 4.78 is 5.63. The van der Waals surface area contributed by atoms with Gasteiger partial charge in [-0.2, -0.15) is 0 Å². The Labute approximate surface area is 163 Å². The van der Waals surface area contributed by atoms with Crippen LogP contribution in [0.2, 0.25) is 0 Å². The summed E-state index contributed by atoms with van der Waals surface area (Å²) in [6, 6.07) is 13.2. The summed E-state index contributed by atoms with van der Waals surface area (Å²) in [6.07, 6.45) is 7.78. The lowest BCUT2D eigenvalue weighted by Gasteiger charge is -2.19. The molecule has 28 heavy (non-hydrogen) atoms. The van der Waals surface area contributed by atoms with Crippen molar-refractivity contribution < 1.29 is 9.53 Å². The van der Waals surface area contributed by atoms with Crippen LogP contribution in [0.5, 0.6) is 0 Å². The molecule has 6 heteroatoms. The second-order valence-electron chi connectivity index (χ2n) is 6.98. The molecule has 142 valence electrons. The summed E-state index contributed by atoms with van der Waals surface area (Å²) in [5.41, 5.74) is 10.1. The number of ether oxygens (including phenoxy) is 1. The van der Waals surface area contributed by atoms with Crippen LogP contribution in [0.25, 0.3) is 11.1 Å². The molecule has 1 amide bonds. The Morgan fingerprint density at radius 1 is 1.11 bits per heavy atom. The fraction of sp³-hybridized carbons (Fsp3) is 0.227. The molecular weight excluding hydrogens is 352 g/mol. The maximum atomic E-state index is 12.8. The number of nitrogens with zero attached hydrogens (tertiary/aromatic N) is 2. The molecule has 1 aliphatic heterocycles. The van der Waals surface area contributed by atoms with Crippen molar-refractivity contribution >= 4 is 11.6 Å². The number of aromatic nitrogens is 2. The highest BCUT2D eigenvalue weighted by Gasteiger charge is 2.30. The fourth-order valence-electron chi connectivity index (χ4n) is 3.51. The van der Waals surface area contributed by atoms with Gasteiger partial charge in [-0.1, -0.05) is 12.1 Å². The molecule has 0 aliphatic carbocycles. The van der Waals surface area contributed by atoms with E-state index < -0.39 is 0 Å². The van der Waals surface area contributed by atoms with E-state index in [4.69, 9.17) is 10.5 Å². The van der Waals surface area contributed by atoms with Gasteiger partial charge in [0.25, 0.3) is 5.91 Å². The molecule has 1 saturated heterocycles. The number of rotatable bonds is 5. The van der Waals surface area contributed by atoms with Crippen molar-refractivity contribution in [2.24, 2.45) is 5.92 Å². The van der Waals surface area contributed by atoms with Gasteiger partial charge in [-0.3, -0.25) is 14.8 Å². The number of carbonyl (C=O) groups is 1. The van der Waals surface area contributed by atoms with Crippen molar-refractivity contribution in [1.29, 1.82) is 0 Å². The third kappa shape index (κ3) is 4.02. The highest BCUT2D eigenvalue weighted by Crippen LogP contribution is 2.25. The van der Waals surface area contributed by atoms with Gasteiger partial charge < -0.3 is 15.8 Å². The Hall–Kier alpha value is -3.25. The van der Waals surface area contributed by atoms with Crippen LogP contribution in [-0.2, 0) is 11.2 Å². The van der Waals surface area contributed by atoms with E-state index in [1.54, 1.807) is 36.9 Å². The van der Waals surface area contributed by atoms with Crippen LogP contribution in [0.1, 0.15) is 15.9 Å². The maximum absolute atomic E-state index is 12.8. The number of carbonyl (C=O) groups excluding carboxylic acids is 1. The van der Waals surface area contributed by atoms with Gasteiger partial charge in [-0.25, -0.2) is 0 Å². The minimum Gasteiger partial charge on any atom is -0.398 e. The van der Waals surface area contributed by atoms with Crippen LogP contribution in [0.3, 0.4) is 0 Å². The molecule has 0 saturated carbocycles. The number of nitrogens with two attached hydrogens (primary N) is 1. The first-order chi connectivity index (χ1) is 13.7. The average Bonchev–Trinajstić information content (AvgIpc) is 3.15. The second kappa shape index (κ2) is 8.19. The van der Waals surface area contributed by atoms with E-state index in [0.29, 0.717) is 24.5 Å². The lowest BCUT2D eigenvalue weighted by Crippen LogP contribution is -2.40. The molecule has 1 fully saturated rings. The van der Waals surface area contributed by atoms with Crippen molar-refractivity contribution in [3.05, 3.63) is 78.4 Å². The van der Waals surface area contributed by atoms with Gasteiger partial charge >= 0.3 is 0 Å². The standard InChI is InChI=1S/C22H22N4O2/c23-20-6-9-25-12-19(20)16-2-1-3-17(11-16)22(27)26-21-14-28-13-18(21)10-15-4-7-24-8-5-15/h1-9,11-12,18,21H,10,13-14H2,(H2,23,25)(H,26,27)/t18-,21+/m1/s1. The molecule has 3 heterocycles. The molecule has 1 aliphatic rings. The normalized spacial score (nSPS) is 18.7. The van der Waals surface area contributed by atoms with Crippen LogP contribution in [0.4, 0.5) is 5.69 Å². The molecular formula is C22H22N4O2. The summed E-state index contributed by atoms with van der Waals surface area (Å²) >= 11 is 0. The Balaban J connectivity index is 1.47. The van der Waals surface area contributed by atoms with Gasteiger partial charge in [0.1, 0.15) is 0 Å². The molecule has 6 nitrogen and oxygen atoms in total. The molecule has 3 N–H and O–H groups in total. The average molecular weight is 374 g/mol. The van der Waals surface area contributed by atoms with E-state index >= 15 is 0 Å². The predicted molar refractivity (Wildman–Crippen MR) is 108 cm³/mol. The third-order valence-corrected chi connectivity index (χ3v) is 5.05. The molecule has 4 rings (SSSR count). The van der Waals surface area contributed by atoms with Crippen LogP contribution in [-0.4, -0.2) is 35.1 Å². The Morgan fingerprint density at radius 2 is 1.93 bits per heavy atom. The number of benzene rings is 1. The Morgan fingerprint density at radius 3 is 2.75 bits per heavy atom. The zero-order valence-corrected chi connectivity index (χ0v) is 15.4. The van der Waals surface area contributed by atoms with Crippen LogP contribution >= 0.6 is 0 Å². The molecule has 1 aromatic carbocycles. The van der Waals surface area contributed by atoms with Crippen LogP contribution in [0, 0.1) is 5.92 Å². The Bertz CT molecular complexity index is 962. The summed E-state index contributed by atoms with van der Waals surface area (Å²) in [5.74, 6) is 0.128. The number of amides is 1. The van der Waals surface area contributed by atoms with Crippen LogP contribution < -0.4 is 11.1 Å². The van der Waals surface area contributed by atoms with E-state index in [1.807, 2.05) is 30.3 Å². The summed E-state index contributed by atoms with van der Waals surface area (Å²) in [5, 5.41) is 3.13. The molecule has 0 spiro atoms. The monoisotopic (exact) mass is 374 g/mol. The predicted octanol–water partition coefficient (Wildman–Crippen LogP) is 2.71. The smallest absolute Gasteiger partial charge is 0.251 e. The van der Waals surface area contributed by atoms with Gasteiger partial charge in [0.05, 0.1) is 19.3 Å². The highest BCUT2D eigenvalue weighted by atomic mass is 16.5. The third-order valence-electron chi connectivity index (χ3n) is 5.05. The van der Waals surface area contributed by atoms with Crippen molar-refractivity contribution in [1.82, 2.24) is 15.3 Å². The SMILES string of the molecule is Nc1ccncc1-c1cccc(C(=O)N[C@H]2COC[C@H]2Cc2ccncc2)c1. The lowest BCUT2D eigenvalue weighted by atomic mass is 9.95. The second-order valence-corrected chi connectivity index (χ2v) is 6.98. The van der Waals surface area contributed by atoms with Crippen molar-refractivity contribution in [2.75, 3.05) is 18.9 Å². The zero-order chi connectivity index (χ0) is 19.3. The number of anilines is 1. The van der Waals surface area contributed by atoms with E-state index in [0.717, 1.165) is 17.5 Å². The number of hydrogen-bond acceptors (Lipinski definition) is 5. The molecule has 0 radical (unpaired) electrons. The van der Waals surface area contributed by atoms with Gasteiger partial charge in [0.2, 0.25) is 0 Å². The van der Waals surface area contributed by atoms with E-state index in [9.17, 15) is 4.79 Å². The molecule has 2 aromatic heterocycles. The number of hydrogen-bond donors (Lipinski definition) is 2. The molecule has 3 aromatic rings. The van der Waals surface area contributed by atoms with Gasteiger partial charge in [-0.15, -0.1) is 0 Å². The molecule has 0 bridgehead atoms. The first-order valence-electron chi connectivity index (χ1n) is 9.28. The van der Waals surface area contributed by atoms with Gasteiger partial charge in [0, 0.05) is 47.5 Å². The number of pyridine rings is 2. The highest BCUT2D eigenvalue weighted by molar-refractivity contribution is 5.96. The summed E-state index contributed by atoms with van der Waals surface area (Å²) in [4.78, 5) is 21.0. The Kier molecular flexibility index (Phi) is 5.30. The molecule has 2 atom stereocenters. The minimum atomic E-state index is -0.112. The lowest BCUT2D eigenvalue weighted by molar-refractivity contribution is 0.0925. The summed E-state index contributed by atoms with van der Waals surface area (Å²) in [7, 11) is 0. The van der Waals surface area contributed by atoms with Crippen molar-refractivity contribution in [3.8, 4) is 11.1 Å². The largest absolute Gasteiger partial charge is 0.398 e. The first-order valence-corrected chi connectivity index (χ1v) is 9.28. The van der Waals surface area contributed by atoms with E-state index in [2.05, 4.69) is 15.3 Å². The fourth-order valence-corrected chi connectivity index (χ4v) is 3.51. The van der Waals surface area contributed by atoms with E-state index in [-0.39, 0.29) is 17.9 Å². The zero-order valence-electron chi connectivity index (χ0n) is 15.4. The van der Waals surface area contributed by atoms with Gasteiger partial charge in [0.15, 0.2) is 0 Å². The minimum absolute atomic E-state index is 0.0206. The maximum Gasteiger partial charge on any atom is 0.251 e. The van der Waals surface area contributed by atoms with Crippen LogP contribution in [0.15, 0.2) is 67.3 Å². The first kappa shape index (κ1) is 18.1. The summed E-state index contributed by atoms with van der Waals surface area (Å²) in [6.45, 7) is 1.16. The number of nitrogens with one attached hydrogen (secondary N) is 1. The number of nitrogen functional groups attached to an aromatic ring is 1.